The topological polar surface area (TPSA) is 29.5 Å². The number of unbranched alkanes of at least 4 members (excludes halogenated alkanes) is 4. The Morgan fingerprint density at radius 2 is 1.86 bits per heavy atom. The van der Waals surface area contributed by atoms with E-state index in [0.29, 0.717) is 6.61 Å². The fraction of sp³-hybridized carbons (Fsp3) is 0.889. The highest BCUT2D eigenvalue weighted by atomic mass is 35.5. The number of nitrogens with zero attached hydrogens (tertiary/aromatic N) is 1. The number of carbonyl (C=O) groups excluding carboxylic acids is 1. The van der Waals surface area contributed by atoms with Crippen LogP contribution in [0.2, 0.25) is 0 Å². The van der Waals surface area contributed by atoms with Gasteiger partial charge in [-0.2, -0.15) is 0 Å². The largest absolute Gasteiger partial charge is 1.00 e. The van der Waals surface area contributed by atoms with Crippen molar-refractivity contribution in [2.45, 2.75) is 39.0 Å². The minimum atomic E-state index is -0.376. The summed E-state index contributed by atoms with van der Waals surface area (Å²) in [4.78, 5) is 10.9. The Balaban J connectivity index is 0. The van der Waals surface area contributed by atoms with E-state index in [-0.39, 0.29) is 18.5 Å². The fourth-order valence-electron chi connectivity index (χ4n) is 0.959. The Morgan fingerprint density at radius 3 is 2.36 bits per heavy atom. The number of thiol groups is 1. The number of amides is 1. The quantitative estimate of drug-likeness (QED) is 0.518. The van der Waals surface area contributed by atoms with Gasteiger partial charge in [0, 0.05) is 7.05 Å². The van der Waals surface area contributed by atoms with E-state index in [9.17, 15) is 4.79 Å². The van der Waals surface area contributed by atoms with Crippen LogP contribution in [0.5, 0.6) is 0 Å². The molecule has 14 heavy (non-hydrogen) atoms. The van der Waals surface area contributed by atoms with Crippen LogP contribution in [0.25, 0.3) is 0 Å². The predicted molar refractivity (Wildman–Crippen MR) is 56.9 cm³/mol. The maximum Gasteiger partial charge on any atom is 0.419 e. The third-order valence-corrected chi connectivity index (χ3v) is 1.90. The highest BCUT2D eigenvalue weighted by molar-refractivity contribution is 7.78. The van der Waals surface area contributed by atoms with Crippen LogP contribution in [0.1, 0.15) is 39.0 Å². The average Bonchev–Trinajstić information content (AvgIpc) is 2.10. The highest BCUT2D eigenvalue weighted by Gasteiger charge is 2.03. The minimum Gasteiger partial charge on any atom is -1.00 e. The van der Waals surface area contributed by atoms with Crippen LogP contribution in [-0.2, 0) is 4.74 Å². The average molecular weight is 241 g/mol. The van der Waals surface area contributed by atoms with Crippen molar-refractivity contribution in [1.82, 2.24) is 4.31 Å². The molecule has 0 aliphatic heterocycles. The van der Waals surface area contributed by atoms with Gasteiger partial charge in [-0.05, 0) is 6.42 Å². The van der Waals surface area contributed by atoms with Crippen LogP contribution in [0.3, 0.4) is 0 Å². The molecule has 3 nitrogen and oxygen atoms in total. The Hall–Kier alpha value is -0.0900. The van der Waals surface area contributed by atoms with Crippen LogP contribution in [0.4, 0.5) is 4.79 Å². The number of rotatable bonds is 6. The molecule has 0 saturated heterocycles. The van der Waals surface area contributed by atoms with Crippen LogP contribution in [0.15, 0.2) is 0 Å². The molecule has 0 atom stereocenters. The van der Waals surface area contributed by atoms with Gasteiger partial charge in [-0.3, -0.25) is 4.31 Å². The lowest BCUT2D eigenvalue weighted by atomic mass is 10.2. The maximum absolute atomic E-state index is 10.9. The maximum atomic E-state index is 10.9. The van der Waals surface area contributed by atoms with Crippen LogP contribution in [-0.4, -0.2) is 24.1 Å². The lowest BCUT2D eigenvalue weighted by Gasteiger charge is -2.09. The second-order valence-electron chi connectivity index (χ2n) is 3.05. The molecule has 0 fully saturated rings. The van der Waals surface area contributed by atoms with Gasteiger partial charge in [0.1, 0.15) is 0 Å². The first-order valence-electron chi connectivity index (χ1n) is 4.77. The van der Waals surface area contributed by atoms with Gasteiger partial charge in [-0.1, -0.05) is 45.4 Å². The van der Waals surface area contributed by atoms with E-state index in [2.05, 4.69) is 19.7 Å². The number of hydrogen-bond donors (Lipinski definition) is 1. The molecule has 0 aromatic carbocycles. The summed E-state index contributed by atoms with van der Waals surface area (Å²) in [5.41, 5.74) is 0. The van der Waals surface area contributed by atoms with Gasteiger partial charge >= 0.3 is 6.09 Å². The predicted octanol–water partition coefficient (Wildman–Crippen LogP) is -0.126. The zero-order chi connectivity index (χ0) is 10.1. The lowest BCUT2D eigenvalue weighted by molar-refractivity contribution is -0.00000932. The summed E-state index contributed by atoms with van der Waals surface area (Å²) in [7, 11) is 1.56. The standard InChI is InChI=1S/C9H19NO2S.ClH/c1-3-4-5-6-7-8-12-9(11)10(2)13;/h13H,3-8H2,1-2H3;1H/p-1. The number of hydrogen-bond acceptors (Lipinski definition) is 3. The van der Waals surface area contributed by atoms with Gasteiger partial charge in [0.2, 0.25) is 0 Å². The van der Waals surface area contributed by atoms with Crippen LogP contribution >= 0.6 is 12.8 Å². The molecule has 86 valence electrons. The zero-order valence-corrected chi connectivity index (χ0v) is 10.5. The normalized spacial score (nSPS) is 9.07. The summed E-state index contributed by atoms with van der Waals surface area (Å²) in [5, 5.41) is 0. The first kappa shape index (κ1) is 16.3. The Kier molecular flexibility index (Phi) is 12.8. The van der Waals surface area contributed by atoms with E-state index in [4.69, 9.17) is 4.74 Å². The molecule has 0 bridgehead atoms. The molecule has 0 heterocycles. The Bertz CT molecular complexity index is 145. The molecule has 5 heteroatoms. The highest BCUT2D eigenvalue weighted by Crippen LogP contribution is 2.03. The summed E-state index contributed by atoms with van der Waals surface area (Å²) in [6, 6.07) is 0. The number of carbonyl (C=O) groups is 1. The molecule has 0 aliphatic carbocycles. The van der Waals surface area contributed by atoms with Gasteiger partial charge in [-0.15, -0.1) is 0 Å². The van der Waals surface area contributed by atoms with Crippen molar-refractivity contribution in [1.29, 1.82) is 0 Å². The van der Waals surface area contributed by atoms with Gasteiger partial charge in [0.05, 0.1) is 6.61 Å². The SMILES string of the molecule is CCCCCCCOC(=O)N(C)S.[Cl-]. The summed E-state index contributed by atoms with van der Waals surface area (Å²) in [5.74, 6) is 0. The molecule has 0 unspecified atom stereocenters. The van der Waals surface area contributed by atoms with Crippen molar-refractivity contribution >= 4 is 18.9 Å². The van der Waals surface area contributed by atoms with Gasteiger partial charge in [-0.25, -0.2) is 4.79 Å². The monoisotopic (exact) mass is 240 g/mol. The number of halogens is 1. The van der Waals surface area contributed by atoms with Crippen molar-refractivity contribution in [3.05, 3.63) is 0 Å². The Labute approximate surface area is 98.1 Å². The van der Waals surface area contributed by atoms with Gasteiger partial charge < -0.3 is 17.1 Å². The molecule has 0 spiro atoms. The first-order chi connectivity index (χ1) is 6.18. The van der Waals surface area contributed by atoms with E-state index in [1.165, 1.54) is 19.3 Å². The zero-order valence-electron chi connectivity index (χ0n) is 8.83. The summed E-state index contributed by atoms with van der Waals surface area (Å²) in [6.45, 7) is 2.68. The summed E-state index contributed by atoms with van der Waals surface area (Å²) in [6.07, 6.45) is 5.44. The molecule has 0 rings (SSSR count). The van der Waals surface area contributed by atoms with Gasteiger partial charge in [0.25, 0.3) is 0 Å². The molecule has 1 amide bonds. The minimum absolute atomic E-state index is 0. The number of ether oxygens (including phenoxy) is 1. The molecular formula is C9H19ClNO2S-. The van der Waals surface area contributed by atoms with E-state index >= 15 is 0 Å². The van der Waals surface area contributed by atoms with Crippen molar-refractivity contribution < 1.29 is 21.9 Å². The smallest absolute Gasteiger partial charge is 0.419 e. The van der Waals surface area contributed by atoms with E-state index in [1.807, 2.05) is 0 Å². The summed E-state index contributed by atoms with van der Waals surface area (Å²) < 4.78 is 6.04. The van der Waals surface area contributed by atoms with Gasteiger partial charge in [0.15, 0.2) is 0 Å². The van der Waals surface area contributed by atoms with Crippen LogP contribution < -0.4 is 12.4 Å². The molecule has 0 aromatic rings. The third kappa shape index (κ3) is 9.99. The first-order valence-corrected chi connectivity index (χ1v) is 5.17. The van der Waals surface area contributed by atoms with E-state index in [1.54, 1.807) is 7.05 Å². The van der Waals surface area contributed by atoms with Crippen molar-refractivity contribution in [3.8, 4) is 0 Å². The van der Waals surface area contributed by atoms with Crippen LogP contribution in [0, 0.1) is 0 Å². The second kappa shape index (κ2) is 11.0. The molecule has 0 N–H and O–H groups in total. The second-order valence-corrected chi connectivity index (χ2v) is 3.65. The molecule has 0 saturated carbocycles. The molecular weight excluding hydrogens is 222 g/mol. The van der Waals surface area contributed by atoms with E-state index in [0.717, 1.165) is 17.1 Å². The van der Waals surface area contributed by atoms with Crippen molar-refractivity contribution in [2.24, 2.45) is 0 Å². The van der Waals surface area contributed by atoms with Crippen molar-refractivity contribution in [3.63, 3.8) is 0 Å². The molecule has 0 radical (unpaired) electrons. The Morgan fingerprint density at radius 1 is 1.29 bits per heavy atom. The van der Waals surface area contributed by atoms with E-state index < -0.39 is 0 Å². The third-order valence-electron chi connectivity index (χ3n) is 1.74. The fourth-order valence-corrected chi connectivity index (χ4v) is 1.02. The van der Waals surface area contributed by atoms with Crippen molar-refractivity contribution in [2.75, 3.05) is 13.7 Å². The molecule has 0 aliphatic rings. The molecule has 0 aromatic heterocycles. The summed E-state index contributed by atoms with van der Waals surface area (Å²) >= 11 is 3.81. The lowest BCUT2D eigenvalue weighted by Crippen LogP contribution is -3.00.